The fourth-order valence-corrected chi connectivity index (χ4v) is 1.96. The highest BCUT2D eigenvalue weighted by atomic mass is 16.3. The summed E-state index contributed by atoms with van der Waals surface area (Å²) in [6.45, 7) is -1.70. The van der Waals surface area contributed by atoms with Gasteiger partial charge in [0.2, 0.25) is 5.91 Å². The number of anilines is 1. The normalized spacial score (nSPS) is 13.4. The van der Waals surface area contributed by atoms with Crippen LogP contribution in [-0.4, -0.2) is 75.7 Å². The Hall–Kier alpha value is -2.20. The minimum atomic E-state index is -1.22. The van der Waals surface area contributed by atoms with Gasteiger partial charge < -0.3 is 36.8 Å². The molecule has 0 aliphatic rings. The zero-order valence-electron chi connectivity index (χ0n) is 12.4. The lowest BCUT2D eigenvalue weighted by atomic mass is 10.1. The molecule has 9 nitrogen and oxygen atoms in total. The van der Waals surface area contributed by atoms with E-state index in [0.717, 1.165) is 4.90 Å². The van der Waals surface area contributed by atoms with Crippen molar-refractivity contribution in [2.75, 3.05) is 32.0 Å². The Bertz CT molecular complexity index is 553. The average Bonchev–Trinajstić information content (AvgIpc) is 2.52. The lowest BCUT2D eigenvalue weighted by Gasteiger charge is -2.26. The summed E-state index contributed by atoms with van der Waals surface area (Å²) in [6.07, 6.45) is -2.44. The first kappa shape index (κ1) is 18.8. The number of carbonyl (C=O) groups excluding carboxylic acids is 2. The quantitative estimate of drug-likeness (QED) is 0.287. The predicted molar refractivity (Wildman–Crippen MR) is 81.5 cm³/mol. The molecule has 0 saturated carbocycles. The molecule has 8 N–H and O–H groups in total. The molecule has 0 bridgehead atoms. The lowest BCUT2D eigenvalue weighted by Crippen LogP contribution is -2.44. The number of benzene rings is 1. The molecule has 1 aromatic rings. The molecule has 0 aromatic heterocycles. The van der Waals surface area contributed by atoms with Crippen LogP contribution in [0.2, 0.25) is 0 Å². The maximum absolute atomic E-state index is 12.5. The summed E-state index contributed by atoms with van der Waals surface area (Å²) >= 11 is 0. The fourth-order valence-electron chi connectivity index (χ4n) is 1.96. The van der Waals surface area contributed by atoms with E-state index >= 15 is 0 Å². The van der Waals surface area contributed by atoms with Gasteiger partial charge in [-0.1, -0.05) is 0 Å². The Morgan fingerprint density at radius 3 is 1.91 bits per heavy atom. The molecule has 2 amide bonds. The molecule has 1 aromatic carbocycles. The summed E-state index contributed by atoms with van der Waals surface area (Å²) in [5, 5.41) is 36.9. The van der Waals surface area contributed by atoms with Crippen molar-refractivity contribution in [3.05, 3.63) is 29.3 Å². The molecule has 0 aliphatic carbocycles. The van der Waals surface area contributed by atoms with E-state index in [0.29, 0.717) is 0 Å². The van der Waals surface area contributed by atoms with Gasteiger partial charge in [-0.2, -0.15) is 0 Å². The third kappa shape index (κ3) is 5.49. The SMILES string of the molecule is NC(=O)c1cc(N)cc(C(=O)N(CC(O)CO)CC(O)CO)c1. The van der Waals surface area contributed by atoms with Crippen molar-refractivity contribution >= 4 is 17.5 Å². The number of primary amides is 1. The van der Waals surface area contributed by atoms with Crippen LogP contribution in [0.1, 0.15) is 20.7 Å². The molecule has 0 saturated heterocycles. The first-order chi connectivity index (χ1) is 10.8. The van der Waals surface area contributed by atoms with Crippen LogP contribution in [0.25, 0.3) is 0 Å². The highest BCUT2D eigenvalue weighted by Gasteiger charge is 2.22. The molecular weight excluding hydrogens is 306 g/mol. The topological polar surface area (TPSA) is 170 Å². The van der Waals surface area contributed by atoms with Crippen molar-refractivity contribution in [1.29, 1.82) is 0 Å². The van der Waals surface area contributed by atoms with Crippen molar-refractivity contribution in [1.82, 2.24) is 4.90 Å². The molecule has 23 heavy (non-hydrogen) atoms. The second kappa shape index (κ2) is 8.44. The maximum atomic E-state index is 12.5. The van der Waals surface area contributed by atoms with E-state index in [4.69, 9.17) is 21.7 Å². The Labute approximate surface area is 132 Å². The number of hydrogen-bond donors (Lipinski definition) is 6. The molecule has 9 heteroatoms. The van der Waals surface area contributed by atoms with Crippen molar-refractivity contribution in [3.8, 4) is 0 Å². The summed E-state index contributed by atoms with van der Waals surface area (Å²) in [5.41, 5.74) is 11.0. The van der Waals surface area contributed by atoms with Crippen LogP contribution in [0.15, 0.2) is 18.2 Å². The van der Waals surface area contributed by atoms with Gasteiger partial charge in [-0.15, -0.1) is 0 Å². The largest absolute Gasteiger partial charge is 0.399 e. The van der Waals surface area contributed by atoms with E-state index in [9.17, 15) is 19.8 Å². The molecule has 2 atom stereocenters. The number of amides is 2. The molecule has 0 radical (unpaired) electrons. The van der Waals surface area contributed by atoms with Crippen LogP contribution in [0.4, 0.5) is 5.69 Å². The summed E-state index contributed by atoms with van der Waals surface area (Å²) < 4.78 is 0. The van der Waals surface area contributed by atoms with Gasteiger partial charge in [0.25, 0.3) is 5.91 Å². The van der Waals surface area contributed by atoms with Crippen LogP contribution < -0.4 is 11.5 Å². The predicted octanol–water partition coefficient (Wildman–Crippen LogP) is -2.48. The summed E-state index contributed by atoms with van der Waals surface area (Å²) in [4.78, 5) is 24.8. The van der Waals surface area contributed by atoms with Crippen LogP contribution in [0, 0.1) is 0 Å². The standard InChI is InChI=1S/C14H21N3O6/c15-10-2-8(13(16)22)1-9(3-10)14(23)17(4-11(20)6-18)5-12(21)7-19/h1-3,11-12,18-21H,4-7,15H2,(H2,16,22). The lowest BCUT2D eigenvalue weighted by molar-refractivity contribution is 0.0210. The molecule has 0 heterocycles. The van der Waals surface area contributed by atoms with Gasteiger partial charge in [-0.25, -0.2) is 0 Å². The van der Waals surface area contributed by atoms with E-state index in [-0.39, 0.29) is 29.9 Å². The van der Waals surface area contributed by atoms with Crippen LogP contribution in [0.3, 0.4) is 0 Å². The molecular formula is C14H21N3O6. The van der Waals surface area contributed by atoms with Gasteiger partial charge in [0.1, 0.15) is 0 Å². The number of aliphatic hydroxyl groups is 4. The number of rotatable bonds is 8. The zero-order valence-corrected chi connectivity index (χ0v) is 12.4. The van der Waals surface area contributed by atoms with E-state index in [2.05, 4.69) is 0 Å². The maximum Gasteiger partial charge on any atom is 0.254 e. The molecule has 0 spiro atoms. The monoisotopic (exact) mass is 327 g/mol. The van der Waals surface area contributed by atoms with Gasteiger partial charge >= 0.3 is 0 Å². The summed E-state index contributed by atoms with van der Waals surface area (Å²) in [6, 6.07) is 3.87. The number of aliphatic hydroxyl groups excluding tert-OH is 4. The zero-order chi connectivity index (χ0) is 17.6. The van der Waals surface area contributed by atoms with E-state index in [1.807, 2.05) is 0 Å². The Kier molecular flexibility index (Phi) is 6.91. The van der Waals surface area contributed by atoms with Gasteiger partial charge in [0, 0.05) is 29.9 Å². The third-order valence-electron chi connectivity index (χ3n) is 3.06. The van der Waals surface area contributed by atoms with E-state index in [1.165, 1.54) is 18.2 Å². The fraction of sp³-hybridized carbons (Fsp3) is 0.429. The van der Waals surface area contributed by atoms with Gasteiger partial charge in [-0.05, 0) is 18.2 Å². The third-order valence-corrected chi connectivity index (χ3v) is 3.06. The Balaban J connectivity index is 3.09. The first-order valence-corrected chi connectivity index (χ1v) is 6.86. The Morgan fingerprint density at radius 1 is 1.00 bits per heavy atom. The highest BCUT2D eigenvalue weighted by molar-refractivity contribution is 6.00. The number of nitrogens with zero attached hydrogens (tertiary/aromatic N) is 1. The summed E-state index contributed by atoms with van der Waals surface area (Å²) in [7, 11) is 0. The van der Waals surface area contributed by atoms with Crippen molar-refractivity contribution in [2.45, 2.75) is 12.2 Å². The van der Waals surface area contributed by atoms with Gasteiger partial charge in [-0.3, -0.25) is 9.59 Å². The number of nitrogen functional groups attached to an aromatic ring is 1. The molecule has 1 rings (SSSR count). The molecule has 2 unspecified atom stereocenters. The van der Waals surface area contributed by atoms with Gasteiger partial charge in [0.05, 0.1) is 25.4 Å². The van der Waals surface area contributed by atoms with Crippen LogP contribution >= 0.6 is 0 Å². The van der Waals surface area contributed by atoms with Crippen LogP contribution in [-0.2, 0) is 0 Å². The molecule has 0 fully saturated rings. The molecule has 0 aliphatic heterocycles. The highest BCUT2D eigenvalue weighted by Crippen LogP contribution is 2.15. The minimum absolute atomic E-state index is 0.0362. The number of hydrogen-bond acceptors (Lipinski definition) is 7. The van der Waals surface area contributed by atoms with Crippen molar-refractivity contribution < 1.29 is 30.0 Å². The molecule has 128 valence electrons. The van der Waals surface area contributed by atoms with Crippen molar-refractivity contribution in [2.24, 2.45) is 5.73 Å². The first-order valence-electron chi connectivity index (χ1n) is 6.86. The van der Waals surface area contributed by atoms with Crippen molar-refractivity contribution in [3.63, 3.8) is 0 Å². The number of carbonyl (C=O) groups is 2. The van der Waals surface area contributed by atoms with Gasteiger partial charge in [0.15, 0.2) is 0 Å². The number of nitrogens with two attached hydrogens (primary N) is 2. The van der Waals surface area contributed by atoms with Crippen LogP contribution in [0.5, 0.6) is 0 Å². The average molecular weight is 327 g/mol. The minimum Gasteiger partial charge on any atom is -0.399 e. The second-order valence-electron chi connectivity index (χ2n) is 5.09. The summed E-state index contributed by atoms with van der Waals surface area (Å²) in [5.74, 6) is -1.40. The van der Waals surface area contributed by atoms with E-state index in [1.54, 1.807) is 0 Å². The second-order valence-corrected chi connectivity index (χ2v) is 5.09. The Morgan fingerprint density at radius 2 is 1.48 bits per heavy atom. The van der Waals surface area contributed by atoms with E-state index < -0.39 is 37.2 Å². The smallest absolute Gasteiger partial charge is 0.254 e.